The average Bonchev–Trinajstić information content (AvgIpc) is 2.72. The van der Waals surface area contributed by atoms with Crippen LogP contribution in [-0.2, 0) is 20.7 Å². The van der Waals surface area contributed by atoms with E-state index >= 15 is 0 Å². The van der Waals surface area contributed by atoms with E-state index in [1.165, 1.54) is 24.3 Å². The summed E-state index contributed by atoms with van der Waals surface area (Å²) in [7, 11) is 0. The number of esters is 1. The molecule has 0 heterocycles. The number of carbonyl (C=O) groups is 2. The maximum absolute atomic E-state index is 13.6. The van der Waals surface area contributed by atoms with Gasteiger partial charge < -0.3 is 10.1 Å². The number of carbonyl (C=O) groups excluding carboxylic acids is 2. The lowest BCUT2D eigenvalue weighted by Crippen LogP contribution is -2.34. The second kappa shape index (κ2) is 11.3. The van der Waals surface area contributed by atoms with Gasteiger partial charge >= 0.3 is 12.1 Å². The summed E-state index contributed by atoms with van der Waals surface area (Å²) < 4.78 is 45.8. The van der Waals surface area contributed by atoms with Gasteiger partial charge in [-0.3, -0.25) is 9.59 Å². The number of rotatable bonds is 8. The number of anilines is 1. The molecule has 0 aliphatic rings. The standard InChI is InChI=1S/C24H26Cl2F3NO3/c1-5-33-23(32)14(3)10-16-6-8-19(26)20(12-16)30-22(31)21(15(4)24(27,28)29)17-7-9-18(25)13(2)11-17/h6-9,11-12,14-15,21H,5,10H2,1-4H3,(H,30,31). The van der Waals surface area contributed by atoms with E-state index in [9.17, 15) is 22.8 Å². The zero-order valence-electron chi connectivity index (χ0n) is 18.7. The number of alkyl halides is 3. The monoisotopic (exact) mass is 503 g/mol. The van der Waals surface area contributed by atoms with Crippen LogP contribution in [0.3, 0.4) is 0 Å². The van der Waals surface area contributed by atoms with Crippen LogP contribution in [-0.4, -0.2) is 24.7 Å². The number of ether oxygens (including phenoxy) is 1. The Hall–Kier alpha value is -2.25. The molecule has 0 aromatic heterocycles. The Labute approximate surface area is 201 Å². The van der Waals surface area contributed by atoms with E-state index in [1.807, 2.05) is 0 Å². The van der Waals surface area contributed by atoms with E-state index in [0.29, 0.717) is 22.6 Å². The van der Waals surface area contributed by atoms with Crippen LogP contribution < -0.4 is 5.32 Å². The highest BCUT2D eigenvalue weighted by atomic mass is 35.5. The van der Waals surface area contributed by atoms with Crippen molar-refractivity contribution in [3.05, 3.63) is 63.1 Å². The van der Waals surface area contributed by atoms with Crippen LogP contribution in [0.4, 0.5) is 18.9 Å². The van der Waals surface area contributed by atoms with Crippen LogP contribution in [0.15, 0.2) is 36.4 Å². The maximum Gasteiger partial charge on any atom is 0.392 e. The summed E-state index contributed by atoms with van der Waals surface area (Å²) in [5.74, 6) is -5.12. The van der Waals surface area contributed by atoms with E-state index in [0.717, 1.165) is 6.92 Å². The van der Waals surface area contributed by atoms with Gasteiger partial charge in [-0.1, -0.05) is 55.2 Å². The summed E-state index contributed by atoms with van der Waals surface area (Å²) in [6.45, 7) is 6.29. The Morgan fingerprint density at radius 1 is 1.06 bits per heavy atom. The van der Waals surface area contributed by atoms with Crippen LogP contribution in [0.25, 0.3) is 0 Å². The Bertz CT molecular complexity index is 1010. The van der Waals surface area contributed by atoms with Gasteiger partial charge in [0.1, 0.15) is 0 Å². The summed E-state index contributed by atoms with van der Waals surface area (Å²) in [4.78, 5) is 25.0. The Kier molecular flexibility index (Phi) is 9.20. The predicted octanol–water partition coefficient (Wildman–Crippen LogP) is 6.96. The van der Waals surface area contributed by atoms with Gasteiger partial charge in [-0.2, -0.15) is 13.2 Å². The van der Waals surface area contributed by atoms with Crippen molar-refractivity contribution in [1.82, 2.24) is 0 Å². The van der Waals surface area contributed by atoms with Crippen LogP contribution in [0.5, 0.6) is 0 Å². The van der Waals surface area contributed by atoms with Crippen LogP contribution >= 0.6 is 23.2 Å². The summed E-state index contributed by atoms with van der Waals surface area (Å²) in [6, 6.07) is 9.14. The number of nitrogens with one attached hydrogen (secondary N) is 1. The minimum absolute atomic E-state index is 0.167. The first-order chi connectivity index (χ1) is 15.3. The molecule has 3 atom stereocenters. The first kappa shape index (κ1) is 27.0. The average molecular weight is 504 g/mol. The number of hydrogen-bond donors (Lipinski definition) is 1. The van der Waals surface area contributed by atoms with Crippen LogP contribution in [0, 0.1) is 18.8 Å². The van der Waals surface area contributed by atoms with Gasteiger partial charge in [0, 0.05) is 5.02 Å². The first-order valence-electron chi connectivity index (χ1n) is 10.4. The number of aryl methyl sites for hydroxylation is 1. The molecule has 0 aliphatic carbocycles. The minimum atomic E-state index is -4.60. The summed E-state index contributed by atoms with van der Waals surface area (Å²) >= 11 is 12.2. The van der Waals surface area contributed by atoms with Crippen LogP contribution in [0.2, 0.25) is 10.0 Å². The fourth-order valence-electron chi connectivity index (χ4n) is 3.44. The Morgan fingerprint density at radius 2 is 1.70 bits per heavy atom. The van der Waals surface area contributed by atoms with Gasteiger partial charge in [-0.25, -0.2) is 0 Å². The van der Waals surface area contributed by atoms with E-state index in [1.54, 1.807) is 32.9 Å². The van der Waals surface area contributed by atoms with E-state index in [-0.39, 0.29) is 28.8 Å². The normalized spacial score (nSPS) is 14.3. The van der Waals surface area contributed by atoms with Crippen molar-refractivity contribution in [3.8, 4) is 0 Å². The summed E-state index contributed by atoms with van der Waals surface area (Å²) in [6.07, 6.45) is -4.28. The highest BCUT2D eigenvalue weighted by Gasteiger charge is 2.45. The first-order valence-corrected chi connectivity index (χ1v) is 11.2. The third-order valence-electron chi connectivity index (χ3n) is 5.36. The van der Waals surface area contributed by atoms with Gasteiger partial charge in [0.2, 0.25) is 5.91 Å². The molecule has 2 rings (SSSR count). The molecule has 180 valence electrons. The number of hydrogen-bond acceptors (Lipinski definition) is 3. The number of benzene rings is 2. The molecular formula is C24H26Cl2F3NO3. The molecule has 4 nitrogen and oxygen atoms in total. The predicted molar refractivity (Wildman–Crippen MR) is 124 cm³/mol. The SMILES string of the molecule is CCOC(=O)C(C)Cc1ccc(Cl)c(NC(=O)C(c2ccc(Cl)c(C)c2)C(C)C(F)(F)F)c1. The molecule has 1 N–H and O–H groups in total. The van der Waals surface area contributed by atoms with Crippen molar-refractivity contribution < 1.29 is 27.5 Å². The molecule has 0 bridgehead atoms. The Morgan fingerprint density at radius 3 is 2.27 bits per heavy atom. The lowest BCUT2D eigenvalue weighted by atomic mass is 9.85. The second-order valence-corrected chi connectivity index (χ2v) is 8.79. The molecule has 0 saturated heterocycles. The van der Waals surface area contributed by atoms with Crippen LogP contribution in [0.1, 0.15) is 43.4 Å². The smallest absolute Gasteiger partial charge is 0.392 e. The summed E-state index contributed by atoms with van der Waals surface area (Å²) in [5.41, 5.74) is 1.61. The highest BCUT2D eigenvalue weighted by Crippen LogP contribution is 2.39. The third kappa shape index (κ3) is 7.11. The van der Waals surface area contributed by atoms with Gasteiger partial charge in [0.05, 0.1) is 35.1 Å². The van der Waals surface area contributed by atoms with E-state index in [2.05, 4.69) is 5.32 Å². The highest BCUT2D eigenvalue weighted by molar-refractivity contribution is 6.33. The molecule has 0 fully saturated rings. The fourth-order valence-corrected chi connectivity index (χ4v) is 3.73. The quantitative estimate of drug-likeness (QED) is 0.396. The minimum Gasteiger partial charge on any atom is -0.466 e. The van der Waals surface area contributed by atoms with E-state index in [4.69, 9.17) is 27.9 Å². The van der Waals surface area contributed by atoms with Crippen molar-refractivity contribution >= 4 is 40.8 Å². The second-order valence-electron chi connectivity index (χ2n) is 7.98. The van der Waals surface area contributed by atoms with Crippen molar-refractivity contribution in [3.63, 3.8) is 0 Å². The molecule has 9 heteroatoms. The van der Waals surface area contributed by atoms with Crippen molar-refractivity contribution in [2.45, 2.75) is 46.2 Å². The van der Waals surface area contributed by atoms with Crippen molar-refractivity contribution in [1.29, 1.82) is 0 Å². The molecule has 1 amide bonds. The molecular weight excluding hydrogens is 478 g/mol. The number of amides is 1. The van der Waals surface area contributed by atoms with Gasteiger partial charge in [-0.05, 0) is 55.2 Å². The lowest BCUT2D eigenvalue weighted by molar-refractivity contribution is -0.178. The van der Waals surface area contributed by atoms with Crippen molar-refractivity contribution in [2.75, 3.05) is 11.9 Å². The molecule has 0 spiro atoms. The molecule has 2 aromatic carbocycles. The molecule has 33 heavy (non-hydrogen) atoms. The van der Waals surface area contributed by atoms with Crippen molar-refractivity contribution in [2.24, 2.45) is 11.8 Å². The lowest BCUT2D eigenvalue weighted by Gasteiger charge is -2.26. The number of halogens is 5. The maximum atomic E-state index is 13.6. The Balaban J connectivity index is 2.35. The zero-order chi connectivity index (χ0) is 24.9. The third-order valence-corrected chi connectivity index (χ3v) is 6.11. The van der Waals surface area contributed by atoms with Gasteiger partial charge in [0.15, 0.2) is 0 Å². The van der Waals surface area contributed by atoms with Gasteiger partial charge in [0.25, 0.3) is 0 Å². The van der Waals surface area contributed by atoms with E-state index < -0.39 is 29.8 Å². The molecule has 3 unspecified atom stereocenters. The zero-order valence-corrected chi connectivity index (χ0v) is 20.2. The molecule has 0 aliphatic heterocycles. The molecule has 2 aromatic rings. The summed E-state index contributed by atoms with van der Waals surface area (Å²) in [5, 5.41) is 3.10. The largest absolute Gasteiger partial charge is 0.466 e. The molecule has 0 saturated carbocycles. The topological polar surface area (TPSA) is 55.4 Å². The molecule has 0 radical (unpaired) electrons. The fraction of sp³-hybridized carbons (Fsp3) is 0.417. The van der Waals surface area contributed by atoms with Gasteiger partial charge in [-0.15, -0.1) is 0 Å².